The summed E-state index contributed by atoms with van der Waals surface area (Å²) in [6.07, 6.45) is 1.36. The third kappa shape index (κ3) is 4.91. The number of likely N-dealkylation sites (tertiary alicyclic amines) is 1. The fraction of sp³-hybridized carbons (Fsp3) is 0.345. The van der Waals surface area contributed by atoms with E-state index >= 15 is 0 Å². The highest BCUT2D eigenvalue weighted by atomic mass is 16.2. The molecule has 2 aliphatic rings. The van der Waals surface area contributed by atoms with Crippen molar-refractivity contribution in [3.05, 3.63) is 99.5 Å². The summed E-state index contributed by atoms with van der Waals surface area (Å²) < 4.78 is 1.85. The predicted molar refractivity (Wildman–Crippen MR) is 140 cm³/mol. The number of carbonyl (C=O) groups is 2. The Hall–Kier alpha value is -3.87. The molecule has 1 fully saturated rings. The van der Waals surface area contributed by atoms with Crippen molar-refractivity contribution in [3.63, 3.8) is 0 Å². The van der Waals surface area contributed by atoms with Crippen LogP contribution in [0, 0.1) is 19.8 Å². The minimum atomic E-state index is -0.725. The summed E-state index contributed by atoms with van der Waals surface area (Å²) in [4.78, 5) is 41.0. The lowest BCUT2D eigenvalue weighted by Crippen LogP contribution is -2.55. The molecule has 0 saturated carbocycles. The molecule has 1 aromatic heterocycles. The molecular weight excluding hydrogens is 452 g/mol. The Balaban J connectivity index is 1.34. The number of fused-ring (bicyclic) bond motifs is 4. The number of aromatic nitrogens is 1. The zero-order valence-corrected chi connectivity index (χ0v) is 20.7. The third-order valence-electron chi connectivity index (χ3n) is 7.53. The SMILES string of the molecule is Cc1cccc(NC(=O)C(Cc2ccccc2)NC(=O)N2CC3CC(C2)c2cccc(=O)n2C3)c1C. The molecule has 3 heterocycles. The fourth-order valence-corrected chi connectivity index (χ4v) is 5.47. The van der Waals surface area contributed by atoms with Crippen LogP contribution in [0.4, 0.5) is 10.5 Å². The number of amides is 3. The van der Waals surface area contributed by atoms with Crippen LogP contribution < -0.4 is 16.2 Å². The zero-order chi connectivity index (χ0) is 25.2. The molecule has 5 rings (SSSR count). The van der Waals surface area contributed by atoms with Crippen LogP contribution in [-0.4, -0.2) is 40.5 Å². The first-order valence-corrected chi connectivity index (χ1v) is 12.5. The van der Waals surface area contributed by atoms with Crippen LogP contribution in [0.25, 0.3) is 0 Å². The lowest BCUT2D eigenvalue weighted by Gasteiger charge is -2.43. The molecule has 1 saturated heterocycles. The number of rotatable bonds is 5. The first kappa shape index (κ1) is 23.9. The highest BCUT2D eigenvalue weighted by Gasteiger charge is 2.37. The summed E-state index contributed by atoms with van der Waals surface area (Å²) in [5.41, 5.74) is 4.84. The Labute approximate surface area is 211 Å². The maximum absolute atomic E-state index is 13.5. The highest BCUT2D eigenvalue weighted by molar-refractivity contribution is 5.97. The minimum absolute atomic E-state index is 0.0196. The predicted octanol–water partition coefficient (Wildman–Crippen LogP) is 3.84. The van der Waals surface area contributed by atoms with E-state index < -0.39 is 6.04 Å². The molecular formula is C29H32N4O3. The topological polar surface area (TPSA) is 83.4 Å². The molecule has 2 N–H and O–H groups in total. The van der Waals surface area contributed by atoms with Crippen LogP contribution in [-0.2, 0) is 17.8 Å². The first-order valence-electron chi connectivity index (χ1n) is 12.5. The van der Waals surface area contributed by atoms with E-state index in [9.17, 15) is 14.4 Å². The van der Waals surface area contributed by atoms with Gasteiger partial charge < -0.3 is 20.1 Å². The number of nitrogens with one attached hydrogen (secondary N) is 2. The average Bonchev–Trinajstić information content (AvgIpc) is 2.87. The van der Waals surface area contributed by atoms with Crippen molar-refractivity contribution in [2.75, 3.05) is 18.4 Å². The monoisotopic (exact) mass is 484 g/mol. The van der Waals surface area contributed by atoms with Gasteiger partial charge in [0, 0.05) is 49.4 Å². The van der Waals surface area contributed by atoms with Gasteiger partial charge in [0.25, 0.3) is 5.56 Å². The maximum atomic E-state index is 13.5. The van der Waals surface area contributed by atoms with Gasteiger partial charge in [-0.15, -0.1) is 0 Å². The van der Waals surface area contributed by atoms with Crippen LogP contribution in [0.1, 0.15) is 34.7 Å². The van der Waals surface area contributed by atoms with Gasteiger partial charge in [-0.05, 0) is 55.0 Å². The maximum Gasteiger partial charge on any atom is 0.318 e. The molecule has 186 valence electrons. The van der Waals surface area contributed by atoms with E-state index in [1.165, 1.54) is 0 Å². The Kier molecular flexibility index (Phi) is 6.63. The second kappa shape index (κ2) is 10.0. The fourth-order valence-electron chi connectivity index (χ4n) is 5.47. The van der Waals surface area contributed by atoms with Gasteiger partial charge in [0.1, 0.15) is 6.04 Å². The summed E-state index contributed by atoms with van der Waals surface area (Å²) in [6.45, 7) is 5.71. The van der Waals surface area contributed by atoms with E-state index in [1.807, 2.05) is 77.9 Å². The summed E-state index contributed by atoms with van der Waals surface area (Å²) in [6, 6.07) is 19.9. The van der Waals surface area contributed by atoms with E-state index in [0.29, 0.717) is 26.1 Å². The molecule has 7 nitrogen and oxygen atoms in total. The van der Waals surface area contributed by atoms with Crippen LogP contribution >= 0.6 is 0 Å². The number of aryl methyl sites for hydroxylation is 1. The van der Waals surface area contributed by atoms with Crippen molar-refractivity contribution >= 4 is 17.6 Å². The van der Waals surface area contributed by atoms with Gasteiger partial charge in [0.05, 0.1) is 0 Å². The molecule has 7 heteroatoms. The third-order valence-corrected chi connectivity index (χ3v) is 7.53. The van der Waals surface area contributed by atoms with Crippen LogP contribution in [0.5, 0.6) is 0 Å². The van der Waals surface area contributed by atoms with Gasteiger partial charge in [-0.25, -0.2) is 4.79 Å². The molecule has 2 aliphatic heterocycles. The summed E-state index contributed by atoms with van der Waals surface area (Å²) in [5, 5.41) is 6.05. The van der Waals surface area contributed by atoms with Gasteiger partial charge in [-0.2, -0.15) is 0 Å². The van der Waals surface area contributed by atoms with Crippen molar-refractivity contribution in [1.29, 1.82) is 0 Å². The minimum Gasteiger partial charge on any atom is -0.326 e. The van der Waals surface area contributed by atoms with Gasteiger partial charge >= 0.3 is 6.03 Å². The quantitative estimate of drug-likeness (QED) is 0.577. The van der Waals surface area contributed by atoms with Gasteiger partial charge in [-0.3, -0.25) is 9.59 Å². The van der Waals surface area contributed by atoms with Crippen molar-refractivity contribution in [2.45, 2.75) is 45.2 Å². The van der Waals surface area contributed by atoms with Crippen molar-refractivity contribution in [2.24, 2.45) is 5.92 Å². The van der Waals surface area contributed by atoms with Gasteiger partial charge in [0.2, 0.25) is 5.91 Å². The second-order valence-corrected chi connectivity index (χ2v) is 10.0. The lowest BCUT2D eigenvalue weighted by atomic mass is 9.83. The number of benzene rings is 2. The molecule has 3 unspecified atom stereocenters. The number of urea groups is 1. The highest BCUT2D eigenvalue weighted by Crippen LogP contribution is 2.35. The molecule has 3 aromatic rings. The average molecular weight is 485 g/mol. The number of hydrogen-bond acceptors (Lipinski definition) is 3. The molecule has 0 aliphatic carbocycles. The van der Waals surface area contributed by atoms with E-state index in [4.69, 9.17) is 0 Å². The van der Waals surface area contributed by atoms with Crippen LogP contribution in [0.15, 0.2) is 71.5 Å². The zero-order valence-electron chi connectivity index (χ0n) is 20.7. The van der Waals surface area contributed by atoms with E-state index in [1.54, 1.807) is 12.1 Å². The summed E-state index contributed by atoms with van der Waals surface area (Å²) >= 11 is 0. The van der Waals surface area contributed by atoms with Gasteiger partial charge in [-0.1, -0.05) is 48.5 Å². The Morgan fingerprint density at radius 3 is 2.53 bits per heavy atom. The standard InChI is InChI=1S/C29H32N4O3/c1-19-8-6-11-24(20(19)2)30-28(35)25(15-21-9-4-3-5-10-21)31-29(36)32-16-22-14-23(18-32)26-12-7-13-27(34)33(26)17-22/h3-13,22-23,25H,14-18H2,1-2H3,(H,30,35)(H,31,36). The van der Waals surface area contributed by atoms with E-state index in [2.05, 4.69) is 10.6 Å². The molecule has 2 aromatic carbocycles. The summed E-state index contributed by atoms with van der Waals surface area (Å²) in [5.74, 6) is 0.0990. The molecule has 3 atom stereocenters. The molecule has 3 amide bonds. The molecule has 2 bridgehead atoms. The Bertz CT molecular complexity index is 1330. The van der Waals surface area contributed by atoms with E-state index in [-0.39, 0.29) is 29.3 Å². The van der Waals surface area contributed by atoms with E-state index in [0.717, 1.165) is 34.5 Å². The van der Waals surface area contributed by atoms with Crippen molar-refractivity contribution in [1.82, 2.24) is 14.8 Å². The van der Waals surface area contributed by atoms with Crippen LogP contribution in [0.3, 0.4) is 0 Å². The number of hydrogen-bond donors (Lipinski definition) is 2. The van der Waals surface area contributed by atoms with Gasteiger partial charge in [0.15, 0.2) is 0 Å². The number of pyridine rings is 1. The molecule has 0 radical (unpaired) electrons. The van der Waals surface area contributed by atoms with Crippen molar-refractivity contribution < 1.29 is 9.59 Å². The first-order chi connectivity index (χ1) is 17.4. The largest absolute Gasteiger partial charge is 0.326 e. The number of nitrogens with zero attached hydrogens (tertiary/aromatic N) is 2. The number of carbonyl (C=O) groups excluding carboxylic acids is 2. The Morgan fingerprint density at radius 2 is 1.72 bits per heavy atom. The summed E-state index contributed by atoms with van der Waals surface area (Å²) in [7, 11) is 0. The lowest BCUT2D eigenvalue weighted by molar-refractivity contribution is -0.118. The normalized spacial score (nSPS) is 19.2. The number of piperidine rings is 1. The van der Waals surface area contributed by atoms with Crippen LogP contribution in [0.2, 0.25) is 0 Å². The smallest absolute Gasteiger partial charge is 0.318 e. The number of anilines is 1. The Morgan fingerprint density at radius 1 is 0.944 bits per heavy atom. The van der Waals surface area contributed by atoms with Crippen molar-refractivity contribution in [3.8, 4) is 0 Å². The molecule has 0 spiro atoms. The second-order valence-electron chi connectivity index (χ2n) is 10.0. The molecule has 36 heavy (non-hydrogen) atoms.